The van der Waals surface area contributed by atoms with Crippen LogP contribution in [-0.2, 0) is 0 Å². The predicted molar refractivity (Wildman–Crippen MR) is 137 cm³/mol. The minimum atomic E-state index is -0.0122. The zero-order valence-corrected chi connectivity index (χ0v) is 20.5. The maximum absolute atomic E-state index is 12.9. The van der Waals surface area contributed by atoms with Gasteiger partial charge in [0.25, 0.3) is 5.91 Å². The fourth-order valence-corrected chi connectivity index (χ4v) is 5.37. The highest BCUT2D eigenvalue weighted by Crippen LogP contribution is 2.30. The molecule has 2 saturated heterocycles. The van der Waals surface area contributed by atoms with Crippen LogP contribution in [0.4, 0.5) is 11.5 Å². The van der Waals surface area contributed by atoms with Crippen molar-refractivity contribution in [2.75, 3.05) is 43.4 Å². The van der Waals surface area contributed by atoms with Gasteiger partial charge in [-0.25, -0.2) is 15.0 Å². The average Bonchev–Trinajstić information content (AvgIpc) is 3.48. The lowest BCUT2D eigenvalue weighted by molar-refractivity contribution is 0.0490. The summed E-state index contributed by atoms with van der Waals surface area (Å²) < 4.78 is 0. The molecule has 36 heavy (non-hydrogen) atoms. The van der Waals surface area contributed by atoms with Crippen LogP contribution in [0, 0.1) is 11.3 Å². The van der Waals surface area contributed by atoms with Crippen LogP contribution in [-0.4, -0.2) is 80.5 Å². The van der Waals surface area contributed by atoms with Crippen molar-refractivity contribution in [3.8, 4) is 17.5 Å². The van der Waals surface area contributed by atoms with Gasteiger partial charge in [-0.05, 0) is 37.5 Å². The largest absolute Gasteiger partial charge is 0.396 e. The number of piperidine rings is 1. The van der Waals surface area contributed by atoms with E-state index < -0.39 is 0 Å². The summed E-state index contributed by atoms with van der Waals surface area (Å²) in [6.45, 7) is 6.37. The number of rotatable bonds is 5. The number of pyridine rings is 2. The molecule has 2 aliphatic rings. The fraction of sp³-hybridized carbons (Fsp3) is 0.423. The van der Waals surface area contributed by atoms with Crippen molar-refractivity contribution in [1.29, 1.82) is 5.26 Å². The third-order valence-electron chi connectivity index (χ3n) is 7.31. The highest BCUT2D eigenvalue weighted by Gasteiger charge is 2.34. The Morgan fingerprint density at radius 1 is 1.17 bits per heavy atom. The number of carbonyl (C=O) groups excluding carboxylic acids is 1. The van der Waals surface area contributed by atoms with Gasteiger partial charge in [0, 0.05) is 75.2 Å². The van der Waals surface area contributed by atoms with Gasteiger partial charge in [0.1, 0.15) is 17.6 Å². The molecule has 5 rings (SSSR count). The predicted octanol–water partition coefficient (Wildman–Crippen LogP) is 2.53. The molecule has 2 aliphatic heterocycles. The van der Waals surface area contributed by atoms with Gasteiger partial charge in [-0.1, -0.05) is 6.92 Å². The molecule has 0 aromatic carbocycles. The molecule has 1 amide bonds. The molecule has 0 bridgehead atoms. The molecule has 0 unspecified atom stereocenters. The molecule has 0 aliphatic carbocycles. The van der Waals surface area contributed by atoms with Crippen LogP contribution >= 0.6 is 0 Å². The second-order valence-electron chi connectivity index (χ2n) is 9.39. The van der Waals surface area contributed by atoms with Gasteiger partial charge in [0.2, 0.25) is 0 Å². The van der Waals surface area contributed by atoms with Crippen LogP contribution in [0.3, 0.4) is 0 Å². The third kappa shape index (κ3) is 4.75. The molecule has 3 aromatic rings. The lowest BCUT2D eigenvalue weighted by Crippen LogP contribution is -2.58. The van der Waals surface area contributed by atoms with Gasteiger partial charge in [-0.2, -0.15) is 5.26 Å². The van der Waals surface area contributed by atoms with Crippen LogP contribution in [0.15, 0.2) is 43.0 Å². The quantitative estimate of drug-likeness (QED) is 0.564. The number of aromatic nitrogens is 4. The molecular weight excluding hydrogens is 454 g/mol. The molecule has 3 aromatic heterocycles. The Labute approximate surface area is 210 Å². The number of nitriles is 1. The van der Waals surface area contributed by atoms with E-state index in [-0.39, 0.29) is 5.91 Å². The van der Waals surface area contributed by atoms with E-state index >= 15 is 0 Å². The van der Waals surface area contributed by atoms with Crippen LogP contribution < -0.4 is 10.6 Å². The Balaban J connectivity index is 1.20. The lowest BCUT2D eigenvalue weighted by Gasteiger charge is -2.47. The van der Waals surface area contributed by atoms with Gasteiger partial charge in [-0.15, -0.1) is 0 Å². The zero-order chi connectivity index (χ0) is 25.1. The van der Waals surface area contributed by atoms with Crippen molar-refractivity contribution in [1.82, 2.24) is 29.7 Å². The Morgan fingerprint density at radius 2 is 2.00 bits per heavy atom. The first-order chi connectivity index (χ1) is 17.6. The Morgan fingerprint density at radius 3 is 2.64 bits per heavy atom. The molecular formula is C26H31N9O. The summed E-state index contributed by atoms with van der Waals surface area (Å²) in [5, 5.41) is 8.92. The van der Waals surface area contributed by atoms with Crippen LogP contribution in [0.2, 0.25) is 0 Å². The highest BCUT2D eigenvalue weighted by atomic mass is 16.2. The minimum Gasteiger partial charge on any atom is -0.396 e. The number of aromatic amines is 1. The zero-order valence-electron chi connectivity index (χ0n) is 20.5. The molecule has 0 spiro atoms. The summed E-state index contributed by atoms with van der Waals surface area (Å²) in [4.78, 5) is 35.8. The molecule has 186 valence electrons. The van der Waals surface area contributed by atoms with E-state index in [1.54, 1.807) is 24.5 Å². The van der Waals surface area contributed by atoms with Crippen molar-refractivity contribution in [3.63, 3.8) is 0 Å². The van der Waals surface area contributed by atoms with Crippen molar-refractivity contribution in [3.05, 3.63) is 54.2 Å². The third-order valence-corrected chi connectivity index (χ3v) is 7.31. The average molecular weight is 486 g/mol. The number of amides is 1. The monoisotopic (exact) mass is 485 g/mol. The van der Waals surface area contributed by atoms with Crippen LogP contribution in [0.1, 0.15) is 42.2 Å². The Bertz CT molecular complexity index is 1230. The van der Waals surface area contributed by atoms with E-state index in [4.69, 9.17) is 11.0 Å². The second-order valence-corrected chi connectivity index (χ2v) is 9.39. The molecule has 10 nitrogen and oxygen atoms in total. The Hall–Kier alpha value is -3.97. The summed E-state index contributed by atoms with van der Waals surface area (Å²) in [6.07, 6.45) is 9.77. The van der Waals surface area contributed by atoms with E-state index in [0.29, 0.717) is 29.0 Å². The molecule has 0 saturated carbocycles. The fourth-order valence-electron chi connectivity index (χ4n) is 5.37. The SMILES string of the molecule is CC[C@H]1CN(c2ncc(-c3ncc[nH]3)cc2N)CCN1C1CCN(C(=O)c2ccc(C#N)nc2)CC1. The number of anilines is 2. The van der Waals surface area contributed by atoms with E-state index in [0.717, 1.165) is 69.2 Å². The van der Waals surface area contributed by atoms with Gasteiger partial charge in [0.15, 0.2) is 5.82 Å². The molecule has 10 heteroatoms. The van der Waals surface area contributed by atoms with Gasteiger partial charge < -0.3 is 20.5 Å². The number of imidazole rings is 1. The number of H-pyrrole nitrogens is 1. The van der Waals surface area contributed by atoms with Gasteiger partial charge >= 0.3 is 0 Å². The first-order valence-corrected chi connectivity index (χ1v) is 12.5. The van der Waals surface area contributed by atoms with Crippen molar-refractivity contribution < 1.29 is 4.79 Å². The Kier molecular flexibility index (Phi) is 6.82. The van der Waals surface area contributed by atoms with E-state index in [9.17, 15) is 4.79 Å². The standard InChI is InChI=1S/C26H31N9O/c1-2-21-17-34(25-23(28)13-19(16-32-25)24-29-7-8-30-24)11-12-35(21)22-5-9-33(10-6-22)26(36)18-3-4-20(14-27)31-15-18/h3-4,7-8,13,15-16,21-22H,2,5-6,9-12,17,28H2,1H3,(H,29,30)/t21-/m0/s1. The second kappa shape index (κ2) is 10.3. The summed E-state index contributed by atoms with van der Waals surface area (Å²) in [6, 6.07) is 8.06. The summed E-state index contributed by atoms with van der Waals surface area (Å²) in [5.41, 5.74) is 8.81. The van der Waals surface area contributed by atoms with E-state index in [1.165, 1.54) is 6.20 Å². The van der Waals surface area contributed by atoms with Crippen molar-refractivity contribution in [2.24, 2.45) is 0 Å². The van der Waals surface area contributed by atoms with Crippen molar-refractivity contribution >= 4 is 17.4 Å². The number of hydrogen-bond acceptors (Lipinski definition) is 8. The first-order valence-electron chi connectivity index (χ1n) is 12.5. The van der Waals surface area contributed by atoms with Crippen molar-refractivity contribution in [2.45, 2.75) is 38.3 Å². The van der Waals surface area contributed by atoms with Crippen LogP contribution in [0.5, 0.6) is 0 Å². The number of nitrogens with zero attached hydrogens (tertiary/aromatic N) is 7. The number of carbonyl (C=O) groups is 1. The number of nitrogens with one attached hydrogen (secondary N) is 1. The maximum atomic E-state index is 12.9. The minimum absolute atomic E-state index is 0.0122. The summed E-state index contributed by atoms with van der Waals surface area (Å²) in [5.74, 6) is 1.58. The lowest BCUT2D eigenvalue weighted by atomic mass is 9.97. The highest BCUT2D eigenvalue weighted by molar-refractivity contribution is 5.94. The number of piperazine rings is 1. The smallest absolute Gasteiger partial charge is 0.255 e. The van der Waals surface area contributed by atoms with E-state index in [1.807, 2.05) is 23.2 Å². The summed E-state index contributed by atoms with van der Waals surface area (Å²) in [7, 11) is 0. The first kappa shape index (κ1) is 23.8. The molecule has 1 atom stereocenters. The number of hydrogen-bond donors (Lipinski definition) is 2. The summed E-state index contributed by atoms with van der Waals surface area (Å²) >= 11 is 0. The number of nitrogens with two attached hydrogens (primary N) is 1. The van der Waals surface area contributed by atoms with E-state index in [2.05, 4.69) is 36.7 Å². The normalized spacial score (nSPS) is 19.3. The maximum Gasteiger partial charge on any atom is 0.255 e. The molecule has 3 N–H and O–H groups in total. The topological polar surface area (TPSA) is 131 Å². The molecule has 5 heterocycles. The molecule has 2 fully saturated rings. The van der Waals surface area contributed by atoms with Gasteiger partial charge in [0.05, 0.1) is 11.3 Å². The van der Waals surface area contributed by atoms with Crippen LogP contribution in [0.25, 0.3) is 11.4 Å². The number of nitrogen functional groups attached to an aromatic ring is 1. The van der Waals surface area contributed by atoms with Gasteiger partial charge in [-0.3, -0.25) is 9.69 Å². The molecule has 0 radical (unpaired) electrons. The number of likely N-dealkylation sites (tertiary alicyclic amines) is 1.